The third-order valence-electron chi connectivity index (χ3n) is 3.44. The van der Waals surface area contributed by atoms with Gasteiger partial charge in [-0.15, -0.1) is 24.0 Å². The molecule has 7 heteroatoms. The average Bonchev–Trinajstić information content (AvgIpc) is 3.21. The fourth-order valence-electron chi connectivity index (χ4n) is 2.32. The van der Waals surface area contributed by atoms with Gasteiger partial charge in [0.05, 0.1) is 17.6 Å². The smallest absolute Gasteiger partial charge is 0.191 e. The van der Waals surface area contributed by atoms with Crippen molar-refractivity contribution in [2.75, 3.05) is 13.1 Å². The number of benzene rings is 1. The van der Waals surface area contributed by atoms with Gasteiger partial charge in [-0.3, -0.25) is 0 Å². The van der Waals surface area contributed by atoms with E-state index in [1.807, 2.05) is 24.3 Å². The number of nitrogens with zero attached hydrogens (tertiary/aromatic N) is 2. The highest BCUT2D eigenvalue weighted by molar-refractivity contribution is 14.0. The van der Waals surface area contributed by atoms with E-state index >= 15 is 0 Å². The standard InChI is InChI=1S/C17H21N5S.HI/c1-2-18-17(20-11-13-8-10-23-12-13)19-9-7-16-21-14-5-3-4-6-15(14)22-16;/h3-6,8,10,12H,2,7,9,11H2,1H3,(H,21,22)(H2,18,19,20);1H. The second-order valence-corrected chi connectivity index (χ2v) is 5.98. The van der Waals surface area contributed by atoms with E-state index in [-0.39, 0.29) is 24.0 Å². The summed E-state index contributed by atoms with van der Waals surface area (Å²) in [5.41, 5.74) is 3.34. The van der Waals surface area contributed by atoms with Crippen molar-refractivity contribution in [3.63, 3.8) is 0 Å². The van der Waals surface area contributed by atoms with Crippen molar-refractivity contribution in [1.82, 2.24) is 20.6 Å². The molecule has 2 heterocycles. The summed E-state index contributed by atoms with van der Waals surface area (Å²) >= 11 is 1.70. The van der Waals surface area contributed by atoms with Crippen LogP contribution in [0.2, 0.25) is 0 Å². The number of guanidine groups is 1. The third-order valence-corrected chi connectivity index (χ3v) is 4.17. The van der Waals surface area contributed by atoms with Gasteiger partial charge in [0.25, 0.3) is 0 Å². The minimum Gasteiger partial charge on any atom is -0.357 e. The van der Waals surface area contributed by atoms with Gasteiger partial charge in [0, 0.05) is 19.5 Å². The molecule has 2 aromatic heterocycles. The minimum atomic E-state index is 0. The number of aromatic amines is 1. The van der Waals surface area contributed by atoms with E-state index in [9.17, 15) is 0 Å². The number of halogens is 1. The lowest BCUT2D eigenvalue weighted by molar-refractivity contribution is 0.780. The van der Waals surface area contributed by atoms with E-state index in [1.165, 1.54) is 5.56 Å². The van der Waals surface area contributed by atoms with E-state index in [0.29, 0.717) is 6.54 Å². The van der Waals surface area contributed by atoms with E-state index in [0.717, 1.165) is 42.3 Å². The second-order valence-electron chi connectivity index (χ2n) is 5.20. The molecule has 0 aliphatic rings. The van der Waals surface area contributed by atoms with Gasteiger partial charge in [0.15, 0.2) is 5.96 Å². The van der Waals surface area contributed by atoms with Crippen molar-refractivity contribution in [2.45, 2.75) is 19.9 Å². The number of rotatable bonds is 6. The summed E-state index contributed by atoms with van der Waals surface area (Å²) in [4.78, 5) is 12.5. The van der Waals surface area contributed by atoms with Crippen LogP contribution < -0.4 is 10.6 Å². The Morgan fingerprint density at radius 3 is 2.88 bits per heavy atom. The van der Waals surface area contributed by atoms with Crippen molar-refractivity contribution in [1.29, 1.82) is 0 Å². The molecule has 0 amide bonds. The summed E-state index contributed by atoms with van der Waals surface area (Å²) in [6, 6.07) is 10.2. The lowest BCUT2D eigenvalue weighted by atomic mass is 10.3. The van der Waals surface area contributed by atoms with E-state index in [4.69, 9.17) is 0 Å². The number of aliphatic imine (C=N–C) groups is 1. The molecule has 0 bridgehead atoms. The van der Waals surface area contributed by atoms with Crippen molar-refractivity contribution in [2.24, 2.45) is 4.99 Å². The molecule has 3 rings (SSSR count). The van der Waals surface area contributed by atoms with Crippen LogP contribution in [0, 0.1) is 0 Å². The number of hydrogen-bond donors (Lipinski definition) is 3. The molecule has 3 aromatic rings. The Balaban J connectivity index is 0.00000208. The van der Waals surface area contributed by atoms with Gasteiger partial charge < -0.3 is 15.6 Å². The number of hydrogen-bond acceptors (Lipinski definition) is 3. The van der Waals surface area contributed by atoms with Crippen LogP contribution in [0.4, 0.5) is 0 Å². The molecule has 0 spiro atoms. The van der Waals surface area contributed by atoms with Crippen LogP contribution in [-0.4, -0.2) is 29.0 Å². The van der Waals surface area contributed by atoms with E-state index in [2.05, 4.69) is 49.3 Å². The number of imidazole rings is 1. The lowest BCUT2D eigenvalue weighted by Crippen LogP contribution is -2.38. The maximum atomic E-state index is 4.60. The van der Waals surface area contributed by atoms with Crippen LogP contribution in [0.3, 0.4) is 0 Å². The monoisotopic (exact) mass is 455 g/mol. The van der Waals surface area contributed by atoms with Crippen LogP contribution in [0.1, 0.15) is 18.3 Å². The Hall–Kier alpha value is -1.61. The van der Waals surface area contributed by atoms with Crippen LogP contribution in [0.15, 0.2) is 46.1 Å². The molecule has 1 aromatic carbocycles. The lowest BCUT2D eigenvalue weighted by Gasteiger charge is -2.10. The Morgan fingerprint density at radius 2 is 2.12 bits per heavy atom. The first-order chi connectivity index (χ1) is 11.3. The van der Waals surface area contributed by atoms with Gasteiger partial charge in [-0.05, 0) is 41.4 Å². The van der Waals surface area contributed by atoms with Gasteiger partial charge in [0.2, 0.25) is 0 Å². The van der Waals surface area contributed by atoms with Crippen molar-refractivity contribution < 1.29 is 0 Å². The highest BCUT2D eigenvalue weighted by Gasteiger charge is 2.03. The Bertz CT molecular complexity index is 733. The highest BCUT2D eigenvalue weighted by atomic mass is 127. The molecule has 0 fully saturated rings. The highest BCUT2D eigenvalue weighted by Crippen LogP contribution is 2.10. The Kier molecular flexibility index (Phi) is 7.51. The number of H-pyrrole nitrogens is 1. The topological polar surface area (TPSA) is 65.1 Å². The normalized spacial score (nSPS) is 11.3. The SMILES string of the molecule is CCNC(=NCc1ccsc1)NCCc1nc2ccccc2[nH]1.I. The summed E-state index contributed by atoms with van der Waals surface area (Å²) in [6.07, 6.45) is 0.831. The van der Waals surface area contributed by atoms with Crippen molar-refractivity contribution in [3.05, 3.63) is 52.5 Å². The molecule has 0 saturated carbocycles. The molecule has 0 saturated heterocycles. The van der Waals surface area contributed by atoms with Crippen LogP contribution in [0.5, 0.6) is 0 Å². The summed E-state index contributed by atoms with van der Waals surface area (Å²) in [5.74, 6) is 1.84. The van der Waals surface area contributed by atoms with Crippen molar-refractivity contribution in [3.8, 4) is 0 Å². The summed E-state index contributed by atoms with van der Waals surface area (Å²) in [7, 11) is 0. The molecule has 0 radical (unpaired) electrons. The molecule has 3 N–H and O–H groups in total. The predicted octanol–water partition coefficient (Wildman–Crippen LogP) is 3.54. The largest absolute Gasteiger partial charge is 0.357 e. The Labute approximate surface area is 163 Å². The molecule has 24 heavy (non-hydrogen) atoms. The number of nitrogens with one attached hydrogen (secondary N) is 3. The Morgan fingerprint density at radius 1 is 1.25 bits per heavy atom. The number of aromatic nitrogens is 2. The van der Waals surface area contributed by atoms with Gasteiger partial charge in [-0.25, -0.2) is 9.98 Å². The molecule has 0 atom stereocenters. The first kappa shape index (κ1) is 18.7. The maximum absolute atomic E-state index is 4.60. The summed E-state index contributed by atoms with van der Waals surface area (Å²) in [6.45, 7) is 4.40. The molecule has 5 nitrogen and oxygen atoms in total. The van der Waals surface area contributed by atoms with Gasteiger partial charge in [-0.2, -0.15) is 11.3 Å². The van der Waals surface area contributed by atoms with E-state index < -0.39 is 0 Å². The summed E-state index contributed by atoms with van der Waals surface area (Å²) in [5, 5.41) is 10.8. The average molecular weight is 455 g/mol. The van der Waals surface area contributed by atoms with Gasteiger partial charge >= 0.3 is 0 Å². The first-order valence-corrected chi connectivity index (χ1v) is 8.76. The van der Waals surface area contributed by atoms with Gasteiger partial charge in [-0.1, -0.05) is 12.1 Å². The molecular weight excluding hydrogens is 433 g/mol. The van der Waals surface area contributed by atoms with Gasteiger partial charge in [0.1, 0.15) is 5.82 Å². The number of thiophene rings is 1. The van der Waals surface area contributed by atoms with Crippen LogP contribution >= 0.6 is 35.3 Å². The zero-order valence-electron chi connectivity index (χ0n) is 13.6. The molecule has 0 unspecified atom stereocenters. The van der Waals surface area contributed by atoms with Crippen LogP contribution in [-0.2, 0) is 13.0 Å². The van der Waals surface area contributed by atoms with E-state index in [1.54, 1.807) is 11.3 Å². The molecule has 0 aliphatic heterocycles. The maximum Gasteiger partial charge on any atom is 0.191 e. The molecular formula is C17H22IN5S. The zero-order chi connectivity index (χ0) is 15.9. The quantitative estimate of drug-likeness (QED) is 0.303. The van der Waals surface area contributed by atoms with Crippen LogP contribution in [0.25, 0.3) is 11.0 Å². The summed E-state index contributed by atoms with van der Waals surface area (Å²) < 4.78 is 0. The number of fused-ring (bicyclic) bond motifs is 1. The minimum absolute atomic E-state index is 0. The second kappa shape index (κ2) is 9.63. The predicted molar refractivity (Wildman–Crippen MR) is 112 cm³/mol. The fourth-order valence-corrected chi connectivity index (χ4v) is 2.98. The first-order valence-electron chi connectivity index (χ1n) is 7.82. The van der Waals surface area contributed by atoms with Crippen molar-refractivity contribution >= 4 is 52.3 Å². The third kappa shape index (κ3) is 5.20. The molecule has 0 aliphatic carbocycles. The zero-order valence-corrected chi connectivity index (χ0v) is 16.7. The number of para-hydroxylation sites is 2. The fraction of sp³-hybridized carbons (Fsp3) is 0.294. The molecule has 128 valence electrons.